The number of amides is 2. The van der Waals surface area contributed by atoms with Crippen LogP contribution in [0.15, 0.2) is 39.7 Å². The van der Waals surface area contributed by atoms with E-state index in [2.05, 4.69) is 21.2 Å². The normalized spacial score (nSPS) is 15.4. The molecule has 10 heteroatoms. The highest BCUT2D eigenvalue weighted by Gasteiger charge is 2.39. The first-order valence-corrected chi connectivity index (χ1v) is 13.0. The molecule has 1 saturated carbocycles. The van der Waals surface area contributed by atoms with Crippen molar-refractivity contribution in [1.29, 1.82) is 0 Å². The number of sulfone groups is 1. The zero-order chi connectivity index (χ0) is 23.0. The van der Waals surface area contributed by atoms with Crippen molar-refractivity contribution >= 4 is 60.6 Å². The summed E-state index contributed by atoms with van der Waals surface area (Å²) in [6, 6.07) is 8.15. The Kier molecular flexibility index (Phi) is 6.51. The predicted molar refractivity (Wildman–Crippen MR) is 126 cm³/mol. The third-order valence-corrected chi connectivity index (χ3v) is 7.97. The molecule has 1 N–H and O–H groups in total. The van der Waals surface area contributed by atoms with Gasteiger partial charge < -0.3 is 15.0 Å². The number of fused-ring (bicyclic) bond motifs is 1. The van der Waals surface area contributed by atoms with Crippen molar-refractivity contribution < 1.29 is 22.7 Å². The second-order valence-corrected chi connectivity index (χ2v) is 11.3. The molecule has 0 aromatic heterocycles. The molecule has 7 nitrogen and oxygen atoms in total. The maximum absolute atomic E-state index is 13.2. The molecule has 0 spiro atoms. The lowest BCUT2D eigenvalue weighted by Crippen LogP contribution is -2.31. The van der Waals surface area contributed by atoms with E-state index in [1.165, 1.54) is 19.2 Å². The molecule has 32 heavy (non-hydrogen) atoms. The maximum Gasteiger partial charge on any atom is 0.230 e. The molecular formula is C22H22BrClN2O5S. The van der Waals surface area contributed by atoms with Crippen molar-refractivity contribution in [3.8, 4) is 5.75 Å². The Morgan fingerprint density at radius 1 is 1.25 bits per heavy atom. The van der Waals surface area contributed by atoms with Crippen molar-refractivity contribution in [1.82, 2.24) is 0 Å². The fourth-order valence-corrected chi connectivity index (χ4v) is 6.15. The van der Waals surface area contributed by atoms with Crippen LogP contribution in [0.3, 0.4) is 0 Å². The molecule has 1 heterocycles. The Morgan fingerprint density at radius 3 is 2.69 bits per heavy atom. The minimum absolute atomic E-state index is 0.0152. The Labute approximate surface area is 200 Å². The van der Waals surface area contributed by atoms with Gasteiger partial charge in [-0.2, -0.15) is 0 Å². The number of anilines is 2. The van der Waals surface area contributed by atoms with Gasteiger partial charge in [0.25, 0.3) is 0 Å². The van der Waals surface area contributed by atoms with Crippen molar-refractivity contribution in [2.75, 3.05) is 29.6 Å². The van der Waals surface area contributed by atoms with Crippen LogP contribution in [-0.2, 0) is 25.8 Å². The van der Waals surface area contributed by atoms with Crippen LogP contribution in [0.2, 0.25) is 5.02 Å². The van der Waals surface area contributed by atoms with Gasteiger partial charge in [0.05, 0.1) is 29.1 Å². The van der Waals surface area contributed by atoms with Gasteiger partial charge in [-0.15, -0.1) is 0 Å². The van der Waals surface area contributed by atoms with Crippen LogP contribution in [-0.4, -0.2) is 39.6 Å². The number of hydrogen-bond acceptors (Lipinski definition) is 5. The van der Waals surface area contributed by atoms with E-state index in [9.17, 15) is 18.0 Å². The average molecular weight is 542 g/mol. The van der Waals surface area contributed by atoms with Gasteiger partial charge in [-0.1, -0.05) is 27.5 Å². The standard InChI is InChI=1S/C22H22BrClN2O5S/c1-31-18-5-4-16(24)12-17(18)25-20(27)7-9-32(29,30)19-11-15(23)10-14-6-8-26(21(14)19)22(28)13-2-3-13/h4-5,10-13H,2-3,6-9H2,1H3,(H,25,27). The van der Waals surface area contributed by atoms with E-state index in [4.69, 9.17) is 16.3 Å². The van der Waals surface area contributed by atoms with Crippen molar-refractivity contribution in [2.45, 2.75) is 30.6 Å². The van der Waals surface area contributed by atoms with Gasteiger partial charge in [0, 0.05) is 28.4 Å². The van der Waals surface area contributed by atoms with E-state index in [1.807, 2.05) is 6.07 Å². The second-order valence-electron chi connectivity index (χ2n) is 7.89. The number of nitrogens with one attached hydrogen (secondary N) is 1. The predicted octanol–water partition coefficient (Wildman–Crippen LogP) is 4.21. The minimum Gasteiger partial charge on any atom is -0.495 e. The van der Waals surface area contributed by atoms with Gasteiger partial charge in [-0.05, 0) is 55.2 Å². The SMILES string of the molecule is COc1ccc(Cl)cc1NC(=O)CCS(=O)(=O)c1cc(Br)cc2c1N(C(=O)C1CC1)CC2. The smallest absolute Gasteiger partial charge is 0.230 e. The quantitative estimate of drug-likeness (QED) is 0.567. The first-order chi connectivity index (χ1) is 15.2. The number of rotatable bonds is 7. The van der Waals surface area contributed by atoms with Gasteiger partial charge >= 0.3 is 0 Å². The molecule has 0 unspecified atom stereocenters. The number of nitrogens with zero attached hydrogens (tertiary/aromatic N) is 1. The number of halogens is 2. The summed E-state index contributed by atoms with van der Waals surface area (Å²) in [5.41, 5.74) is 1.65. The van der Waals surface area contributed by atoms with Crippen molar-refractivity contribution in [3.63, 3.8) is 0 Å². The molecule has 2 aromatic rings. The van der Waals surface area contributed by atoms with Crippen LogP contribution >= 0.6 is 27.5 Å². The monoisotopic (exact) mass is 540 g/mol. The summed E-state index contributed by atoms with van der Waals surface area (Å²) in [5.74, 6) is -0.487. The fourth-order valence-electron chi connectivity index (χ4n) is 3.81. The van der Waals surface area contributed by atoms with E-state index in [0.29, 0.717) is 39.6 Å². The molecule has 0 bridgehead atoms. The molecule has 0 radical (unpaired) electrons. The first-order valence-electron chi connectivity index (χ1n) is 10.2. The summed E-state index contributed by atoms with van der Waals surface area (Å²) in [6.45, 7) is 0.471. The van der Waals surface area contributed by atoms with Crippen molar-refractivity contribution in [2.24, 2.45) is 5.92 Å². The van der Waals surface area contributed by atoms with E-state index in [1.54, 1.807) is 17.0 Å². The summed E-state index contributed by atoms with van der Waals surface area (Å²) in [4.78, 5) is 26.9. The lowest BCUT2D eigenvalue weighted by atomic mass is 10.2. The third-order valence-electron chi connectivity index (χ3n) is 5.55. The lowest BCUT2D eigenvalue weighted by molar-refractivity contribution is -0.119. The largest absolute Gasteiger partial charge is 0.495 e. The van der Waals surface area contributed by atoms with E-state index in [0.717, 1.165) is 18.4 Å². The molecular weight excluding hydrogens is 520 g/mol. The summed E-state index contributed by atoms with van der Waals surface area (Å²) in [5, 5.41) is 3.07. The molecule has 170 valence electrons. The minimum atomic E-state index is -3.83. The van der Waals surface area contributed by atoms with Gasteiger partial charge in [0.2, 0.25) is 11.8 Å². The number of carbonyl (C=O) groups excluding carboxylic acids is 2. The van der Waals surface area contributed by atoms with Crippen LogP contribution in [0.4, 0.5) is 11.4 Å². The highest BCUT2D eigenvalue weighted by molar-refractivity contribution is 9.10. The summed E-state index contributed by atoms with van der Waals surface area (Å²) in [6.07, 6.45) is 2.04. The fraction of sp³-hybridized carbons (Fsp3) is 0.364. The molecule has 0 saturated heterocycles. The van der Waals surface area contributed by atoms with Crippen LogP contribution in [0.5, 0.6) is 5.75 Å². The molecule has 2 aromatic carbocycles. The number of ether oxygens (including phenoxy) is 1. The first kappa shape index (κ1) is 23.1. The Bertz CT molecular complexity index is 1200. The van der Waals surface area contributed by atoms with Crippen LogP contribution in [0, 0.1) is 5.92 Å². The van der Waals surface area contributed by atoms with E-state index >= 15 is 0 Å². The molecule has 2 amide bonds. The highest BCUT2D eigenvalue weighted by Crippen LogP contribution is 2.41. The molecule has 0 atom stereocenters. The molecule has 1 fully saturated rings. The Balaban J connectivity index is 1.54. The van der Waals surface area contributed by atoms with Gasteiger partial charge in [-0.3, -0.25) is 9.59 Å². The molecule has 4 rings (SSSR count). The van der Waals surface area contributed by atoms with E-state index in [-0.39, 0.29) is 23.1 Å². The van der Waals surface area contributed by atoms with Gasteiger partial charge in [0.15, 0.2) is 9.84 Å². The number of hydrogen-bond donors (Lipinski definition) is 1. The van der Waals surface area contributed by atoms with E-state index < -0.39 is 21.5 Å². The molecule has 1 aliphatic heterocycles. The summed E-state index contributed by atoms with van der Waals surface area (Å²) >= 11 is 9.36. The van der Waals surface area contributed by atoms with Crippen LogP contribution in [0.1, 0.15) is 24.8 Å². The molecule has 1 aliphatic carbocycles. The number of benzene rings is 2. The topological polar surface area (TPSA) is 92.8 Å². The Morgan fingerprint density at radius 2 is 2.00 bits per heavy atom. The third kappa shape index (κ3) is 4.79. The zero-order valence-corrected chi connectivity index (χ0v) is 20.5. The second kappa shape index (κ2) is 9.03. The average Bonchev–Trinajstić information content (AvgIpc) is 3.51. The maximum atomic E-state index is 13.2. The van der Waals surface area contributed by atoms with Crippen LogP contribution < -0.4 is 15.0 Å². The lowest BCUT2D eigenvalue weighted by Gasteiger charge is -2.21. The summed E-state index contributed by atoms with van der Waals surface area (Å²) < 4.78 is 32.3. The van der Waals surface area contributed by atoms with Gasteiger partial charge in [-0.25, -0.2) is 8.42 Å². The van der Waals surface area contributed by atoms with Crippen LogP contribution in [0.25, 0.3) is 0 Å². The molecule has 2 aliphatic rings. The zero-order valence-electron chi connectivity index (χ0n) is 17.4. The number of carbonyl (C=O) groups is 2. The van der Waals surface area contributed by atoms with Gasteiger partial charge in [0.1, 0.15) is 5.75 Å². The highest BCUT2D eigenvalue weighted by atomic mass is 79.9. The number of methoxy groups -OCH3 is 1. The Hall–Kier alpha value is -2.10. The van der Waals surface area contributed by atoms with Crippen molar-refractivity contribution in [3.05, 3.63) is 45.4 Å². The summed E-state index contributed by atoms with van der Waals surface area (Å²) in [7, 11) is -2.37.